The molecule has 212 valence electrons. The molecule has 1 atom stereocenters. The van der Waals surface area contributed by atoms with E-state index in [1.165, 1.54) is 85.8 Å². The predicted molar refractivity (Wildman–Crippen MR) is 194 cm³/mol. The molecule has 0 fully saturated rings. The van der Waals surface area contributed by atoms with Gasteiger partial charge in [0.2, 0.25) is 0 Å². The summed E-state index contributed by atoms with van der Waals surface area (Å²) in [6.07, 6.45) is 4.39. The normalized spacial score (nSPS) is 16.3. The summed E-state index contributed by atoms with van der Waals surface area (Å²) in [5, 5.41) is 15.5. The first-order valence-electron chi connectivity index (χ1n) is 15.5. The molecular formula is C42H28N2S. The van der Waals surface area contributed by atoms with Crippen molar-refractivity contribution in [2.45, 2.75) is 12.6 Å². The number of hydrogen-bond donors (Lipinski definition) is 1. The summed E-state index contributed by atoms with van der Waals surface area (Å²) in [6, 6.07) is 49.2. The lowest BCUT2D eigenvalue weighted by Gasteiger charge is -2.36. The first-order valence-corrected chi connectivity index (χ1v) is 16.3. The number of hydrogen-bond acceptors (Lipinski definition) is 2. The number of fused-ring (bicyclic) bond motifs is 12. The summed E-state index contributed by atoms with van der Waals surface area (Å²) in [6.45, 7) is 2.32. The Bertz CT molecular complexity index is 2620. The third-order valence-electron chi connectivity index (χ3n) is 9.89. The van der Waals surface area contributed by atoms with Gasteiger partial charge in [-0.1, -0.05) is 103 Å². The maximum Gasteiger partial charge on any atom is 0.148 e. The van der Waals surface area contributed by atoms with E-state index in [9.17, 15) is 0 Å². The first-order chi connectivity index (χ1) is 22.2. The van der Waals surface area contributed by atoms with Gasteiger partial charge in [-0.3, -0.25) is 0 Å². The van der Waals surface area contributed by atoms with Crippen LogP contribution in [0.2, 0.25) is 0 Å². The van der Waals surface area contributed by atoms with Crippen molar-refractivity contribution in [1.29, 1.82) is 0 Å². The third-order valence-corrected chi connectivity index (χ3v) is 11.3. The van der Waals surface area contributed by atoms with Gasteiger partial charge >= 0.3 is 0 Å². The molecule has 2 nitrogen and oxygen atoms in total. The van der Waals surface area contributed by atoms with Crippen molar-refractivity contribution in [2.75, 3.05) is 0 Å². The highest BCUT2D eigenvalue weighted by Crippen LogP contribution is 2.46. The van der Waals surface area contributed by atoms with Crippen LogP contribution in [-0.4, -0.2) is 4.57 Å². The van der Waals surface area contributed by atoms with Gasteiger partial charge in [0.25, 0.3) is 0 Å². The summed E-state index contributed by atoms with van der Waals surface area (Å²) < 4.78 is 3.80. The SMILES string of the molecule is C[C@]1(n2c3ccccc3c3ccccc32)NC=Cc2c1sc1ccc(-c3ccc4c5ccccc5c5ccccc5c4c3)cc21. The lowest BCUT2D eigenvalue weighted by molar-refractivity contribution is 0.373. The molecule has 3 heteroatoms. The fourth-order valence-corrected chi connectivity index (χ4v) is 9.11. The molecule has 0 spiro atoms. The Morgan fingerprint density at radius 3 is 1.62 bits per heavy atom. The molecule has 0 saturated heterocycles. The molecule has 7 aromatic carbocycles. The molecule has 0 radical (unpaired) electrons. The van der Waals surface area contributed by atoms with Gasteiger partial charge < -0.3 is 9.88 Å². The molecule has 0 aliphatic carbocycles. The van der Waals surface area contributed by atoms with E-state index >= 15 is 0 Å². The number of aromatic nitrogens is 1. The average molecular weight is 593 g/mol. The number of para-hydroxylation sites is 2. The van der Waals surface area contributed by atoms with Crippen molar-refractivity contribution in [3.05, 3.63) is 150 Å². The Balaban J connectivity index is 1.18. The molecule has 10 rings (SSSR count). The van der Waals surface area contributed by atoms with Crippen LogP contribution in [0, 0.1) is 0 Å². The minimum atomic E-state index is -0.431. The zero-order chi connectivity index (χ0) is 29.7. The average Bonchev–Trinajstić information content (AvgIpc) is 3.65. The number of nitrogens with one attached hydrogen (secondary N) is 1. The highest BCUT2D eigenvalue weighted by molar-refractivity contribution is 7.19. The van der Waals surface area contributed by atoms with Gasteiger partial charge in [0, 0.05) is 26.4 Å². The van der Waals surface area contributed by atoms with Crippen LogP contribution in [0.25, 0.3) is 81.4 Å². The largest absolute Gasteiger partial charge is 0.364 e. The highest BCUT2D eigenvalue weighted by atomic mass is 32.1. The Kier molecular flexibility index (Phi) is 5.04. The summed E-state index contributed by atoms with van der Waals surface area (Å²) in [5.41, 5.74) is 5.84. The van der Waals surface area contributed by atoms with Crippen molar-refractivity contribution in [3.63, 3.8) is 0 Å². The van der Waals surface area contributed by atoms with Gasteiger partial charge in [-0.15, -0.1) is 11.3 Å². The number of rotatable bonds is 2. The quantitative estimate of drug-likeness (QED) is 0.198. The van der Waals surface area contributed by atoms with Crippen molar-refractivity contribution in [1.82, 2.24) is 9.88 Å². The minimum absolute atomic E-state index is 0.431. The van der Waals surface area contributed by atoms with Crippen molar-refractivity contribution >= 4 is 81.6 Å². The first kappa shape index (κ1) is 25.0. The summed E-state index contributed by atoms with van der Waals surface area (Å²) in [5.74, 6) is 0. The second-order valence-electron chi connectivity index (χ2n) is 12.3. The van der Waals surface area contributed by atoms with Gasteiger partial charge in [0.1, 0.15) is 5.66 Å². The van der Waals surface area contributed by atoms with Gasteiger partial charge in [0.05, 0.1) is 15.9 Å². The molecule has 2 aromatic heterocycles. The van der Waals surface area contributed by atoms with Crippen molar-refractivity contribution in [2.24, 2.45) is 0 Å². The van der Waals surface area contributed by atoms with Crippen LogP contribution < -0.4 is 5.32 Å². The topological polar surface area (TPSA) is 17.0 Å². The summed E-state index contributed by atoms with van der Waals surface area (Å²) >= 11 is 1.90. The highest BCUT2D eigenvalue weighted by Gasteiger charge is 2.37. The Morgan fingerprint density at radius 1 is 0.511 bits per heavy atom. The maximum absolute atomic E-state index is 3.79. The standard InChI is InChI=1S/C42H28N2S/c1-42(44-38-16-8-6-14-33(38)34-15-7-9-17-39(34)44)41-35(22-23-43-42)37-25-27(19-21-40(37)45-41)26-18-20-32-30-12-3-2-10-28(30)29-11-4-5-13-31(29)36(32)24-26/h2-25,43H,1H3/t42-/m1/s1. The van der Waals surface area contributed by atoms with Crippen LogP contribution in [0.15, 0.2) is 140 Å². The van der Waals surface area contributed by atoms with E-state index in [1.54, 1.807) is 0 Å². The fourth-order valence-electron chi connectivity index (χ4n) is 7.83. The molecule has 0 saturated carbocycles. The summed E-state index contributed by atoms with van der Waals surface area (Å²) in [7, 11) is 0. The van der Waals surface area contributed by atoms with Crippen LogP contribution >= 0.6 is 11.3 Å². The second-order valence-corrected chi connectivity index (χ2v) is 13.4. The van der Waals surface area contributed by atoms with Gasteiger partial charge in [-0.25, -0.2) is 0 Å². The Morgan fingerprint density at radius 2 is 1.00 bits per heavy atom. The molecule has 0 amide bonds. The van der Waals surface area contributed by atoms with E-state index < -0.39 is 5.66 Å². The summed E-state index contributed by atoms with van der Waals surface area (Å²) in [4.78, 5) is 1.33. The number of nitrogens with zero attached hydrogens (tertiary/aromatic N) is 1. The minimum Gasteiger partial charge on any atom is -0.364 e. The fraction of sp³-hybridized carbons (Fsp3) is 0.0476. The second kappa shape index (κ2) is 9.07. The lowest BCUT2D eigenvalue weighted by atomic mass is 9.91. The van der Waals surface area contributed by atoms with E-state index in [2.05, 4.69) is 163 Å². The van der Waals surface area contributed by atoms with Crippen molar-refractivity contribution < 1.29 is 0 Å². The van der Waals surface area contributed by atoms with Gasteiger partial charge in [0.15, 0.2) is 0 Å². The van der Waals surface area contributed by atoms with E-state index in [0.717, 1.165) is 0 Å². The molecule has 1 aliphatic heterocycles. The molecule has 9 aromatic rings. The molecule has 3 heterocycles. The van der Waals surface area contributed by atoms with Crippen molar-refractivity contribution in [3.8, 4) is 11.1 Å². The van der Waals surface area contributed by atoms with E-state index in [0.29, 0.717) is 0 Å². The monoisotopic (exact) mass is 592 g/mol. The molecule has 0 bridgehead atoms. The molecule has 45 heavy (non-hydrogen) atoms. The number of thiophene rings is 1. The third kappa shape index (κ3) is 3.39. The van der Waals surface area contributed by atoms with E-state index in [4.69, 9.17) is 0 Å². The smallest absolute Gasteiger partial charge is 0.148 e. The molecular weight excluding hydrogens is 565 g/mol. The van der Waals surface area contributed by atoms with Crippen LogP contribution in [0.4, 0.5) is 0 Å². The van der Waals surface area contributed by atoms with E-state index in [-0.39, 0.29) is 0 Å². The van der Waals surface area contributed by atoms with Crippen LogP contribution in [-0.2, 0) is 5.66 Å². The van der Waals surface area contributed by atoms with Gasteiger partial charge in [-0.05, 0) is 93.0 Å². The lowest BCUT2D eigenvalue weighted by Crippen LogP contribution is -2.44. The molecule has 0 unspecified atom stereocenters. The van der Waals surface area contributed by atoms with Crippen LogP contribution in [0.5, 0.6) is 0 Å². The molecule has 1 aliphatic rings. The van der Waals surface area contributed by atoms with Gasteiger partial charge in [-0.2, -0.15) is 0 Å². The zero-order valence-electron chi connectivity index (χ0n) is 24.7. The van der Waals surface area contributed by atoms with Crippen LogP contribution in [0.3, 0.4) is 0 Å². The Labute approximate surface area is 264 Å². The van der Waals surface area contributed by atoms with E-state index in [1.807, 2.05) is 11.3 Å². The number of benzene rings is 7. The Hall–Kier alpha value is -5.38. The maximum atomic E-state index is 3.79. The zero-order valence-corrected chi connectivity index (χ0v) is 25.5. The van der Waals surface area contributed by atoms with Crippen LogP contribution in [0.1, 0.15) is 17.4 Å². The molecule has 1 N–H and O–H groups in total. The predicted octanol–water partition coefficient (Wildman–Crippen LogP) is 11.4.